The lowest BCUT2D eigenvalue weighted by atomic mass is 10.1. The molecule has 0 spiro atoms. The summed E-state index contributed by atoms with van der Waals surface area (Å²) in [7, 11) is -2.16. The molecule has 1 amide bonds. The lowest BCUT2D eigenvalue weighted by Crippen LogP contribution is -2.28. The Morgan fingerprint density at radius 3 is 2.56 bits per heavy atom. The average molecular weight is 388 g/mol. The number of nitrogens with one attached hydrogen (secondary N) is 1. The van der Waals surface area contributed by atoms with E-state index in [0.29, 0.717) is 18.7 Å². The standard InChI is InChI=1S/C20H24N2O4S/c1-14-13-16(10-11-18(14)22-12-6-9-20(22)23)27(24,25)21-15(2)17-7-4-5-8-19(17)26-3/h4-5,7-8,10-11,13,15,21H,6,9,12H2,1-3H3. The second kappa shape index (κ2) is 7.70. The molecule has 0 bridgehead atoms. The monoisotopic (exact) mass is 388 g/mol. The Kier molecular flexibility index (Phi) is 5.53. The molecule has 0 aliphatic carbocycles. The second-order valence-electron chi connectivity index (χ2n) is 6.68. The van der Waals surface area contributed by atoms with Gasteiger partial charge in [0, 0.05) is 30.3 Å². The van der Waals surface area contributed by atoms with Gasteiger partial charge < -0.3 is 9.64 Å². The van der Waals surface area contributed by atoms with Gasteiger partial charge in [-0.3, -0.25) is 4.79 Å². The van der Waals surface area contributed by atoms with Crippen LogP contribution in [0.3, 0.4) is 0 Å². The first-order valence-corrected chi connectivity index (χ1v) is 10.4. The smallest absolute Gasteiger partial charge is 0.241 e. The number of carbonyl (C=O) groups is 1. The predicted molar refractivity (Wildman–Crippen MR) is 104 cm³/mol. The van der Waals surface area contributed by atoms with Gasteiger partial charge in [0.2, 0.25) is 15.9 Å². The minimum absolute atomic E-state index is 0.0802. The fourth-order valence-electron chi connectivity index (χ4n) is 3.39. The van der Waals surface area contributed by atoms with Crippen molar-refractivity contribution in [2.45, 2.75) is 37.6 Å². The Hall–Kier alpha value is -2.38. The molecule has 144 valence electrons. The van der Waals surface area contributed by atoms with E-state index in [-0.39, 0.29) is 10.8 Å². The number of sulfonamides is 1. The number of ether oxygens (including phenoxy) is 1. The summed E-state index contributed by atoms with van der Waals surface area (Å²) < 4.78 is 33.7. The number of methoxy groups -OCH3 is 1. The molecular weight excluding hydrogens is 364 g/mol. The van der Waals surface area contributed by atoms with Gasteiger partial charge in [-0.05, 0) is 50.1 Å². The highest BCUT2D eigenvalue weighted by atomic mass is 32.2. The van der Waals surface area contributed by atoms with Crippen LogP contribution in [0.4, 0.5) is 5.69 Å². The van der Waals surface area contributed by atoms with Gasteiger partial charge in [0.25, 0.3) is 0 Å². The lowest BCUT2D eigenvalue weighted by Gasteiger charge is -2.20. The van der Waals surface area contributed by atoms with Gasteiger partial charge in [0.05, 0.1) is 12.0 Å². The number of amides is 1. The van der Waals surface area contributed by atoms with E-state index in [0.717, 1.165) is 23.2 Å². The first kappa shape index (κ1) is 19.4. The number of hydrogen-bond donors (Lipinski definition) is 1. The molecule has 1 aliphatic rings. The Labute approximate surface area is 160 Å². The van der Waals surface area contributed by atoms with Crippen LogP contribution in [0.15, 0.2) is 47.4 Å². The van der Waals surface area contributed by atoms with Gasteiger partial charge in [-0.25, -0.2) is 13.1 Å². The number of anilines is 1. The topological polar surface area (TPSA) is 75.7 Å². The Morgan fingerprint density at radius 2 is 1.93 bits per heavy atom. The highest BCUT2D eigenvalue weighted by molar-refractivity contribution is 7.89. The molecule has 0 radical (unpaired) electrons. The molecule has 27 heavy (non-hydrogen) atoms. The fourth-order valence-corrected chi connectivity index (χ4v) is 4.70. The number of aryl methyl sites for hydroxylation is 1. The summed E-state index contributed by atoms with van der Waals surface area (Å²) in [5.41, 5.74) is 2.30. The van der Waals surface area contributed by atoms with Crippen LogP contribution in [0.2, 0.25) is 0 Å². The van der Waals surface area contributed by atoms with E-state index < -0.39 is 16.1 Å². The Balaban J connectivity index is 1.84. The van der Waals surface area contributed by atoms with Crippen molar-refractivity contribution >= 4 is 21.6 Å². The van der Waals surface area contributed by atoms with Gasteiger partial charge in [0.15, 0.2) is 0 Å². The van der Waals surface area contributed by atoms with Crippen LogP contribution in [0.1, 0.15) is 36.9 Å². The van der Waals surface area contributed by atoms with Gasteiger partial charge in [-0.15, -0.1) is 0 Å². The molecular formula is C20H24N2O4S. The molecule has 1 fully saturated rings. The first-order valence-electron chi connectivity index (χ1n) is 8.90. The van der Waals surface area contributed by atoms with E-state index in [1.165, 1.54) is 0 Å². The number of hydrogen-bond acceptors (Lipinski definition) is 4. The maximum Gasteiger partial charge on any atom is 0.241 e. The third-order valence-electron chi connectivity index (χ3n) is 4.78. The second-order valence-corrected chi connectivity index (χ2v) is 8.40. The number of rotatable bonds is 6. The number of nitrogens with zero attached hydrogens (tertiary/aromatic N) is 1. The van der Waals surface area contributed by atoms with E-state index in [1.54, 1.807) is 43.2 Å². The highest BCUT2D eigenvalue weighted by Gasteiger charge is 2.25. The van der Waals surface area contributed by atoms with E-state index in [4.69, 9.17) is 4.74 Å². The third-order valence-corrected chi connectivity index (χ3v) is 6.32. The van der Waals surface area contributed by atoms with Gasteiger partial charge in [-0.2, -0.15) is 0 Å². The quantitative estimate of drug-likeness (QED) is 0.825. The van der Waals surface area contributed by atoms with Gasteiger partial charge in [0.1, 0.15) is 5.75 Å². The van der Waals surface area contributed by atoms with Crippen LogP contribution >= 0.6 is 0 Å². The van der Waals surface area contributed by atoms with Crippen molar-refractivity contribution < 1.29 is 17.9 Å². The number of para-hydroxylation sites is 1. The van der Waals surface area contributed by atoms with E-state index >= 15 is 0 Å². The third kappa shape index (κ3) is 3.99. The van der Waals surface area contributed by atoms with Crippen LogP contribution < -0.4 is 14.4 Å². The minimum Gasteiger partial charge on any atom is -0.496 e. The zero-order chi connectivity index (χ0) is 19.6. The summed E-state index contributed by atoms with van der Waals surface area (Å²) in [5.74, 6) is 0.711. The zero-order valence-corrected chi connectivity index (χ0v) is 16.5. The molecule has 3 rings (SSSR count). The van der Waals surface area contributed by atoms with E-state index in [1.807, 2.05) is 25.1 Å². The van der Waals surface area contributed by atoms with Crippen LogP contribution in [0.25, 0.3) is 0 Å². The van der Waals surface area contributed by atoms with Crippen molar-refractivity contribution in [1.82, 2.24) is 4.72 Å². The fraction of sp³-hybridized carbons (Fsp3) is 0.350. The summed E-state index contributed by atoms with van der Waals surface area (Å²) in [6, 6.07) is 11.7. The summed E-state index contributed by atoms with van der Waals surface area (Å²) in [4.78, 5) is 13.9. The normalized spacial score (nSPS) is 15.8. The zero-order valence-electron chi connectivity index (χ0n) is 15.7. The van der Waals surface area contributed by atoms with Crippen molar-refractivity contribution in [2.75, 3.05) is 18.6 Å². The van der Waals surface area contributed by atoms with Crippen molar-refractivity contribution in [2.24, 2.45) is 0 Å². The summed E-state index contributed by atoms with van der Waals surface area (Å²) in [5, 5.41) is 0. The molecule has 1 atom stereocenters. The van der Waals surface area contributed by atoms with Crippen LogP contribution in [0.5, 0.6) is 5.75 Å². The van der Waals surface area contributed by atoms with Crippen molar-refractivity contribution in [3.05, 3.63) is 53.6 Å². The minimum atomic E-state index is -3.72. The molecule has 1 saturated heterocycles. The molecule has 1 unspecified atom stereocenters. The SMILES string of the molecule is COc1ccccc1C(C)NS(=O)(=O)c1ccc(N2CCCC2=O)c(C)c1. The van der Waals surface area contributed by atoms with Gasteiger partial charge >= 0.3 is 0 Å². The molecule has 1 heterocycles. The Morgan fingerprint density at radius 1 is 1.19 bits per heavy atom. The maximum absolute atomic E-state index is 12.8. The summed E-state index contributed by atoms with van der Waals surface area (Å²) in [6.07, 6.45) is 1.37. The average Bonchev–Trinajstić information content (AvgIpc) is 3.07. The predicted octanol–water partition coefficient (Wildman–Crippen LogP) is 3.17. The maximum atomic E-state index is 12.8. The highest BCUT2D eigenvalue weighted by Crippen LogP contribution is 2.29. The number of carbonyl (C=O) groups excluding carboxylic acids is 1. The van der Waals surface area contributed by atoms with Crippen molar-refractivity contribution in [3.8, 4) is 5.75 Å². The van der Waals surface area contributed by atoms with E-state index in [9.17, 15) is 13.2 Å². The summed E-state index contributed by atoms with van der Waals surface area (Å²) in [6.45, 7) is 4.28. The molecule has 6 nitrogen and oxygen atoms in total. The molecule has 2 aromatic rings. The lowest BCUT2D eigenvalue weighted by molar-refractivity contribution is -0.117. The molecule has 7 heteroatoms. The van der Waals surface area contributed by atoms with Crippen LogP contribution in [0, 0.1) is 6.92 Å². The number of benzene rings is 2. The molecule has 1 N–H and O–H groups in total. The summed E-state index contributed by atoms with van der Waals surface area (Å²) >= 11 is 0. The largest absolute Gasteiger partial charge is 0.496 e. The molecule has 0 saturated carbocycles. The van der Waals surface area contributed by atoms with Crippen molar-refractivity contribution in [1.29, 1.82) is 0 Å². The van der Waals surface area contributed by atoms with Crippen LogP contribution in [-0.4, -0.2) is 28.0 Å². The van der Waals surface area contributed by atoms with Gasteiger partial charge in [-0.1, -0.05) is 18.2 Å². The van der Waals surface area contributed by atoms with E-state index in [2.05, 4.69) is 4.72 Å². The molecule has 0 aromatic heterocycles. The van der Waals surface area contributed by atoms with Crippen LogP contribution in [-0.2, 0) is 14.8 Å². The van der Waals surface area contributed by atoms with Crippen molar-refractivity contribution in [3.63, 3.8) is 0 Å². The molecule has 2 aromatic carbocycles. The first-order chi connectivity index (χ1) is 12.8. The Bertz CT molecular complexity index is 956. The molecule has 1 aliphatic heterocycles.